The molecule has 0 aromatic heterocycles. The molecule has 0 fully saturated rings. The van der Waals surface area contributed by atoms with Gasteiger partial charge >= 0.3 is 5.97 Å². The fourth-order valence-electron chi connectivity index (χ4n) is 1.16. The van der Waals surface area contributed by atoms with Gasteiger partial charge < -0.3 is 21.2 Å². The molecule has 0 spiro atoms. The minimum Gasteiger partial charge on any atom is -0.508 e. The smallest absolute Gasteiger partial charge is 0.323 e. The van der Waals surface area contributed by atoms with Gasteiger partial charge in [-0.05, 0) is 12.1 Å². The first-order valence-electron chi connectivity index (χ1n) is 5.59. The van der Waals surface area contributed by atoms with E-state index in [4.69, 9.17) is 21.2 Å². The molecule has 0 radical (unpaired) electrons. The van der Waals surface area contributed by atoms with Crippen molar-refractivity contribution >= 4 is 11.9 Å². The number of hydrogen-bond acceptors (Lipinski definition) is 5. The topological polar surface area (TPSA) is 124 Å². The fourth-order valence-corrected chi connectivity index (χ4v) is 1.16. The lowest BCUT2D eigenvalue weighted by molar-refractivity contribution is -0.170. The Kier molecular flexibility index (Phi) is 7.90. The summed E-state index contributed by atoms with van der Waals surface area (Å²) in [6.45, 7) is 1.70. The Morgan fingerprint density at radius 2 is 1.84 bits per heavy atom. The molecule has 7 heteroatoms. The van der Waals surface area contributed by atoms with E-state index in [-0.39, 0.29) is 13.0 Å². The third-order valence-corrected chi connectivity index (χ3v) is 2.12. The summed E-state index contributed by atoms with van der Waals surface area (Å²) in [6.07, 6.45) is -0.389. The third-order valence-electron chi connectivity index (χ3n) is 2.12. The maximum atomic E-state index is 10.4. The first-order valence-corrected chi connectivity index (χ1v) is 5.59. The van der Waals surface area contributed by atoms with Crippen LogP contribution in [0.15, 0.2) is 30.3 Å². The molecule has 1 atom stereocenters. The van der Waals surface area contributed by atoms with Crippen LogP contribution in [0.4, 0.5) is 0 Å². The lowest BCUT2D eigenvalue weighted by atomic mass is 10.2. The number of carboxylic acid groups (broad SMARTS) is 1. The number of carboxylic acids is 1. The Bertz CT molecular complexity index is 396. The zero-order valence-electron chi connectivity index (χ0n) is 10.6. The zero-order valence-corrected chi connectivity index (χ0v) is 10.6. The normalized spacial score (nSPS) is 11.3. The summed E-state index contributed by atoms with van der Waals surface area (Å²) in [5.74, 6) is -1.70. The Morgan fingerprint density at radius 1 is 1.32 bits per heavy atom. The molecule has 7 nitrogen and oxygen atoms in total. The predicted molar refractivity (Wildman–Crippen MR) is 67.5 cm³/mol. The molecule has 1 aromatic carbocycles. The van der Waals surface area contributed by atoms with Crippen LogP contribution >= 0.6 is 0 Å². The number of likely N-dealkylation sites (N-methyl/N-ethyl adjacent to an activating group) is 1. The van der Waals surface area contributed by atoms with Crippen molar-refractivity contribution in [3.8, 4) is 5.75 Å². The van der Waals surface area contributed by atoms with Crippen molar-refractivity contribution < 1.29 is 25.0 Å². The second-order valence-corrected chi connectivity index (χ2v) is 3.62. The highest BCUT2D eigenvalue weighted by Crippen LogP contribution is 2.02. The van der Waals surface area contributed by atoms with Crippen LogP contribution in [0.25, 0.3) is 0 Å². The summed E-state index contributed by atoms with van der Waals surface area (Å²) in [5, 5.41) is 26.7. The number of nitrogens with zero attached hydrogens (tertiary/aromatic N) is 1. The number of phenols is 1. The van der Waals surface area contributed by atoms with Crippen LogP contribution in [0.1, 0.15) is 13.3 Å². The fraction of sp³-hybridized carbons (Fsp3) is 0.333. The van der Waals surface area contributed by atoms with E-state index in [0.29, 0.717) is 10.8 Å². The average Bonchev–Trinajstić information content (AvgIpc) is 2.36. The Hall–Kier alpha value is -2.12. The summed E-state index contributed by atoms with van der Waals surface area (Å²) < 4.78 is 0. The van der Waals surface area contributed by atoms with E-state index in [1.165, 1.54) is 0 Å². The molecule has 1 aromatic rings. The van der Waals surface area contributed by atoms with Crippen molar-refractivity contribution in [3.63, 3.8) is 0 Å². The molecule has 1 unspecified atom stereocenters. The number of amides is 1. The maximum Gasteiger partial charge on any atom is 0.323 e. The Labute approximate surface area is 110 Å². The molecule has 106 valence electrons. The molecule has 0 bridgehead atoms. The summed E-state index contributed by atoms with van der Waals surface area (Å²) in [5.41, 5.74) is 4.78. The van der Waals surface area contributed by atoms with Gasteiger partial charge in [-0.15, -0.1) is 0 Å². The van der Waals surface area contributed by atoms with Gasteiger partial charge in [0.05, 0.1) is 6.42 Å². The number of hydroxylamine groups is 2. The van der Waals surface area contributed by atoms with Gasteiger partial charge in [-0.3, -0.25) is 9.59 Å². The van der Waals surface area contributed by atoms with Crippen molar-refractivity contribution in [1.82, 2.24) is 5.06 Å². The molecule has 0 aliphatic heterocycles. The zero-order chi connectivity index (χ0) is 14.8. The van der Waals surface area contributed by atoms with Gasteiger partial charge in [-0.2, -0.15) is 5.06 Å². The lowest BCUT2D eigenvalue weighted by Crippen LogP contribution is -2.41. The van der Waals surface area contributed by atoms with E-state index >= 15 is 0 Å². The summed E-state index contributed by atoms with van der Waals surface area (Å²) in [4.78, 5) is 20.8. The van der Waals surface area contributed by atoms with E-state index in [0.717, 1.165) is 0 Å². The van der Waals surface area contributed by atoms with E-state index in [9.17, 15) is 9.59 Å². The molecule has 0 saturated heterocycles. The van der Waals surface area contributed by atoms with Gasteiger partial charge in [-0.1, -0.05) is 25.1 Å². The first-order chi connectivity index (χ1) is 8.88. The quantitative estimate of drug-likeness (QED) is 0.575. The number of carbonyl (C=O) groups is 2. The molecule has 1 amide bonds. The molecule has 0 saturated carbocycles. The maximum absolute atomic E-state index is 10.4. The highest BCUT2D eigenvalue weighted by molar-refractivity contribution is 5.83. The predicted octanol–water partition coefficient (Wildman–Crippen LogP) is 0.418. The van der Waals surface area contributed by atoms with Crippen LogP contribution in [0.2, 0.25) is 0 Å². The van der Waals surface area contributed by atoms with E-state index in [2.05, 4.69) is 0 Å². The van der Waals surface area contributed by atoms with Crippen molar-refractivity contribution in [2.75, 3.05) is 6.54 Å². The van der Waals surface area contributed by atoms with Crippen molar-refractivity contribution in [1.29, 1.82) is 0 Å². The van der Waals surface area contributed by atoms with Gasteiger partial charge in [-0.25, -0.2) is 0 Å². The highest BCUT2D eigenvalue weighted by atomic mass is 16.5. The van der Waals surface area contributed by atoms with Crippen LogP contribution in [-0.4, -0.2) is 44.9 Å². The number of rotatable bonds is 5. The summed E-state index contributed by atoms with van der Waals surface area (Å²) in [7, 11) is 0. The number of aliphatic carboxylic acids is 1. The van der Waals surface area contributed by atoms with E-state index < -0.39 is 17.9 Å². The van der Waals surface area contributed by atoms with Crippen molar-refractivity contribution in [3.05, 3.63) is 30.3 Å². The van der Waals surface area contributed by atoms with Crippen LogP contribution in [-0.2, 0) is 9.59 Å². The Balaban J connectivity index is 0.000000388. The third kappa shape index (κ3) is 7.74. The number of phenolic OH excluding ortho intramolecular Hbond substituents is 1. The van der Waals surface area contributed by atoms with Crippen LogP contribution in [0.3, 0.4) is 0 Å². The molecule has 19 heavy (non-hydrogen) atoms. The summed E-state index contributed by atoms with van der Waals surface area (Å²) in [6, 6.07) is 7.47. The van der Waals surface area contributed by atoms with E-state index in [1.54, 1.807) is 31.2 Å². The van der Waals surface area contributed by atoms with Gasteiger partial charge in [0.2, 0.25) is 5.91 Å². The molecular weight excluding hydrogens is 252 g/mol. The molecule has 0 aliphatic carbocycles. The number of carbonyl (C=O) groups excluding carboxylic acids is 1. The van der Waals surface area contributed by atoms with Crippen LogP contribution in [0.5, 0.6) is 5.75 Å². The van der Waals surface area contributed by atoms with E-state index in [1.807, 2.05) is 6.07 Å². The number of para-hydroxylation sites is 1. The average molecular weight is 270 g/mol. The highest BCUT2D eigenvalue weighted by Gasteiger charge is 2.24. The minimum absolute atomic E-state index is 0.129. The monoisotopic (exact) mass is 270 g/mol. The molecule has 1 rings (SSSR count). The van der Waals surface area contributed by atoms with Crippen molar-refractivity contribution in [2.24, 2.45) is 5.73 Å². The number of aromatic hydroxyl groups is 1. The van der Waals surface area contributed by atoms with Gasteiger partial charge in [0.1, 0.15) is 11.8 Å². The SMILES string of the molecule is CCN(O)C(CC(N)=O)C(=O)O.Oc1ccccc1. The Morgan fingerprint density at radius 3 is 2.11 bits per heavy atom. The second-order valence-electron chi connectivity index (χ2n) is 3.62. The number of primary amides is 1. The van der Waals surface area contributed by atoms with Gasteiger partial charge in [0, 0.05) is 6.54 Å². The number of hydrogen-bond donors (Lipinski definition) is 4. The molecular formula is C12H18N2O5. The number of nitrogens with two attached hydrogens (primary N) is 1. The molecule has 5 N–H and O–H groups in total. The minimum atomic E-state index is -1.27. The summed E-state index contributed by atoms with van der Waals surface area (Å²) >= 11 is 0. The second kappa shape index (κ2) is 8.90. The lowest BCUT2D eigenvalue weighted by Gasteiger charge is -2.19. The van der Waals surface area contributed by atoms with Gasteiger partial charge in [0.15, 0.2) is 0 Å². The molecule has 0 heterocycles. The molecule has 0 aliphatic rings. The van der Waals surface area contributed by atoms with Crippen LogP contribution in [0, 0.1) is 0 Å². The standard InChI is InChI=1S/C6H12N2O4.C6H6O/c1-2-8(12)4(6(10)11)3-5(7)9;7-6-4-2-1-3-5-6/h4,12H,2-3H2,1H3,(H2,7,9)(H,10,11);1-5,7H. The first kappa shape index (κ1) is 16.9. The largest absolute Gasteiger partial charge is 0.508 e. The number of benzene rings is 1. The van der Waals surface area contributed by atoms with Crippen molar-refractivity contribution in [2.45, 2.75) is 19.4 Å². The van der Waals surface area contributed by atoms with Crippen LogP contribution < -0.4 is 5.73 Å². The van der Waals surface area contributed by atoms with Gasteiger partial charge in [0.25, 0.3) is 0 Å².